The first-order valence-electron chi connectivity index (χ1n) is 10.8. The molecule has 0 saturated heterocycles. The van der Waals surface area contributed by atoms with Crippen LogP contribution in [0, 0.1) is 6.92 Å². The van der Waals surface area contributed by atoms with Crippen molar-refractivity contribution in [1.29, 1.82) is 0 Å². The Morgan fingerprint density at radius 2 is 1.59 bits per heavy atom. The zero-order chi connectivity index (χ0) is 23.8. The molecule has 0 atom stereocenters. The summed E-state index contributed by atoms with van der Waals surface area (Å²) in [6.07, 6.45) is 0. The number of rotatable bonds is 5. The summed E-state index contributed by atoms with van der Waals surface area (Å²) < 4.78 is 5.43. The fourth-order valence-electron chi connectivity index (χ4n) is 4.16. The van der Waals surface area contributed by atoms with Gasteiger partial charge in [0.05, 0.1) is 18.4 Å². The van der Waals surface area contributed by atoms with Crippen LogP contribution in [0.4, 0.5) is 11.4 Å². The van der Waals surface area contributed by atoms with Gasteiger partial charge in [0.1, 0.15) is 11.4 Å². The van der Waals surface area contributed by atoms with Crippen molar-refractivity contribution in [3.63, 3.8) is 0 Å². The van der Waals surface area contributed by atoms with Gasteiger partial charge >= 0.3 is 0 Å². The minimum Gasteiger partial charge on any atom is -0.495 e. The highest BCUT2D eigenvalue weighted by Crippen LogP contribution is 2.39. The van der Waals surface area contributed by atoms with E-state index in [-0.39, 0.29) is 5.70 Å². The first kappa shape index (κ1) is 21.7. The summed E-state index contributed by atoms with van der Waals surface area (Å²) in [5.41, 5.74) is 3.23. The molecule has 0 saturated carbocycles. The number of nitrogens with one attached hydrogen (secondary N) is 1. The predicted octanol–water partition coefficient (Wildman–Crippen LogP) is 6.21. The van der Waals surface area contributed by atoms with Gasteiger partial charge in [-0.25, -0.2) is 4.90 Å². The van der Waals surface area contributed by atoms with Crippen molar-refractivity contribution < 1.29 is 14.3 Å². The van der Waals surface area contributed by atoms with Crippen LogP contribution in [0.5, 0.6) is 5.75 Å². The average molecular weight is 469 g/mol. The third-order valence-electron chi connectivity index (χ3n) is 5.86. The van der Waals surface area contributed by atoms with Crippen molar-refractivity contribution in [2.75, 3.05) is 17.3 Å². The molecule has 0 unspecified atom stereocenters. The zero-order valence-corrected chi connectivity index (χ0v) is 19.4. The van der Waals surface area contributed by atoms with E-state index in [9.17, 15) is 9.59 Å². The number of ether oxygens (including phenoxy) is 1. The maximum absolute atomic E-state index is 13.8. The lowest BCUT2D eigenvalue weighted by Crippen LogP contribution is -2.32. The summed E-state index contributed by atoms with van der Waals surface area (Å²) in [5.74, 6) is -0.549. The number of hydrogen-bond acceptors (Lipinski definition) is 4. The minimum absolute atomic E-state index is 0.201. The second-order valence-corrected chi connectivity index (χ2v) is 8.47. The number of aryl methyl sites for hydroxylation is 1. The van der Waals surface area contributed by atoms with Gasteiger partial charge in [-0.15, -0.1) is 0 Å². The molecule has 34 heavy (non-hydrogen) atoms. The minimum atomic E-state index is -0.478. The van der Waals surface area contributed by atoms with Gasteiger partial charge in [-0.2, -0.15) is 0 Å². The maximum Gasteiger partial charge on any atom is 0.282 e. The topological polar surface area (TPSA) is 58.6 Å². The van der Waals surface area contributed by atoms with Crippen LogP contribution in [-0.4, -0.2) is 18.9 Å². The van der Waals surface area contributed by atoms with Crippen LogP contribution in [0.25, 0.3) is 16.3 Å². The van der Waals surface area contributed by atoms with E-state index in [1.165, 1.54) is 7.11 Å². The number of benzene rings is 4. The molecule has 4 aromatic rings. The number of imide groups is 1. The Morgan fingerprint density at radius 1 is 0.853 bits per heavy atom. The average Bonchev–Trinajstić information content (AvgIpc) is 3.09. The lowest BCUT2D eigenvalue weighted by atomic mass is 10.0. The van der Waals surface area contributed by atoms with Crippen molar-refractivity contribution in [3.05, 3.63) is 107 Å². The van der Waals surface area contributed by atoms with E-state index in [1.807, 2.05) is 73.7 Å². The highest BCUT2D eigenvalue weighted by atomic mass is 35.5. The second kappa shape index (κ2) is 8.69. The molecular weight excluding hydrogens is 448 g/mol. The molecule has 4 aromatic carbocycles. The quantitative estimate of drug-likeness (QED) is 0.354. The van der Waals surface area contributed by atoms with Crippen LogP contribution in [0.15, 0.2) is 90.6 Å². The third kappa shape index (κ3) is 3.70. The molecule has 0 fully saturated rings. The van der Waals surface area contributed by atoms with Crippen LogP contribution < -0.4 is 15.0 Å². The Hall–Kier alpha value is -4.09. The number of fused-ring (bicyclic) bond motifs is 1. The Balaban J connectivity index is 1.68. The lowest BCUT2D eigenvalue weighted by Gasteiger charge is -2.19. The molecular formula is C28H21ClN2O3. The van der Waals surface area contributed by atoms with Gasteiger partial charge in [0, 0.05) is 16.1 Å². The SMILES string of the molecule is COc1ccc(Cl)cc1N1C(=O)C(Nc2cccc3ccccc23)=C(c2ccc(C)cc2)C1=O. The largest absolute Gasteiger partial charge is 0.495 e. The number of halogens is 1. The number of anilines is 2. The summed E-state index contributed by atoms with van der Waals surface area (Å²) in [6.45, 7) is 1.97. The highest BCUT2D eigenvalue weighted by molar-refractivity contribution is 6.46. The van der Waals surface area contributed by atoms with Gasteiger partial charge in [0.15, 0.2) is 0 Å². The fraction of sp³-hybridized carbons (Fsp3) is 0.0714. The van der Waals surface area contributed by atoms with Crippen LogP contribution in [-0.2, 0) is 9.59 Å². The van der Waals surface area contributed by atoms with Crippen LogP contribution >= 0.6 is 11.6 Å². The van der Waals surface area contributed by atoms with Gasteiger partial charge in [0.25, 0.3) is 11.8 Å². The smallest absolute Gasteiger partial charge is 0.282 e. The van der Waals surface area contributed by atoms with E-state index in [0.717, 1.165) is 26.9 Å². The first-order chi connectivity index (χ1) is 16.5. The first-order valence-corrected chi connectivity index (χ1v) is 11.1. The van der Waals surface area contributed by atoms with Gasteiger partial charge in [-0.1, -0.05) is 77.8 Å². The van der Waals surface area contributed by atoms with E-state index in [0.29, 0.717) is 27.6 Å². The lowest BCUT2D eigenvalue weighted by molar-refractivity contribution is -0.120. The van der Waals surface area contributed by atoms with E-state index in [1.54, 1.807) is 18.2 Å². The number of amides is 2. The van der Waals surface area contributed by atoms with Crippen LogP contribution in [0.3, 0.4) is 0 Å². The second-order valence-electron chi connectivity index (χ2n) is 8.03. The molecule has 0 spiro atoms. The molecule has 5 nitrogen and oxygen atoms in total. The highest BCUT2D eigenvalue weighted by Gasteiger charge is 2.41. The molecule has 1 aliphatic rings. The van der Waals surface area contributed by atoms with Crippen molar-refractivity contribution in [1.82, 2.24) is 0 Å². The molecule has 0 aliphatic carbocycles. The van der Waals surface area contributed by atoms with Gasteiger partial charge in [-0.3, -0.25) is 9.59 Å². The fourth-order valence-corrected chi connectivity index (χ4v) is 4.33. The predicted molar refractivity (Wildman–Crippen MR) is 136 cm³/mol. The molecule has 6 heteroatoms. The molecule has 1 N–H and O–H groups in total. The number of carbonyl (C=O) groups excluding carboxylic acids is 2. The number of hydrogen-bond donors (Lipinski definition) is 1. The normalized spacial score (nSPS) is 13.7. The third-order valence-corrected chi connectivity index (χ3v) is 6.09. The van der Waals surface area contributed by atoms with Crippen molar-refractivity contribution in [3.8, 4) is 5.75 Å². The maximum atomic E-state index is 13.8. The molecule has 0 bridgehead atoms. The number of methoxy groups -OCH3 is 1. The van der Waals surface area contributed by atoms with E-state index < -0.39 is 11.8 Å². The van der Waals surface area contributed by atoms with Gasteiger partial charge in [0.2, 0.25) is 0 Å². The Bertz CT molecular complexity index is 1470. The summed E-state index contributed by atoms with van der Waals surface area (Å²) in [7, 11) is 1.49. The monoisotopic (exact) mass is 468 g/mol. The van der Waals surface area contributed by atoms with Crippen LogP contribution in [0.1, 0.15) is 11.1 Å². The molecule has 0 radical (unpaired) electrons. The standard InChI is InChI=1S/C28H21ClN2O3/c1-17-10-12-19(13-11-17)25-26(30-22-9-5-7-18-6-3-4-8-21(18)22)28(33)31(27(25)32)23-16-20(29)14-15-24(23)34-2/h3-16,30H,1-2H3. The summed E-state index contributed by atoms with van der Waals surface area (Å²) in [6, 6.07) is 26.0. The van der Waals surface area contributed by atoms with Gasteiger partial charge in [-0.05, 0) is 42.1 Å². The summed E-state index contributed by atoms with van der Waals surface area (Å²) in [5, 5.41) is 5.63. The zero-order valence-electron chi connectivity index (χ0n) is 18.6. The summed E-state index contributed by atoms with van der Waals surface area (Å²) >= 11 is 6.22. The molecule has 5 rings (SSSR count). The van der Waals surface area contributed by atoms with Crippen molar-refractivity contribution in [2.24, 2.45) is 0 Å². The molecule has 2 amide bonds. The Morgan fingerprint density at radius 3 is 2.35 bits per heavy atom. The number of nitrogens with zero attached hydrogens (tertiary/aromatic N) is 1. The van der Waals surface area contributed by atoms with Crippen molar-refractivity contribution in [2.45, 2.75) is 6.92 Å². The molecule has 1 heterocycles. The van der Waals surface area contributed by atoms with E-state index >= 15 is 0 Å². The Kier molecular flexibility index (Phi) is 5.56. The molecule has 1 aliphatic heterocycles. The van der Waals surface area contributed by atoms with Gasteiger partial charge < -0.3 is 10.1 Å². The van der Waals surface area contributed by atoms with E-state index in [4.69, 9.17) is 16.3 Å². The van der Waals surface area contributed by atoms with Crippen LogP contribution in [0.2, 0.25) is 5.02 Å². The van der Waals surface area contributed by atoms with E-state index in [2.05, 4.69) is 5.32 Å². The Labute approximate surface area is 202 Å². The number of carbonyl (C=O) groups is 2. The molecule has 0 aromatic heterocycles. The summed E-state index contributed by atoms with van der Waals surface area (Å²) in [4.78, 5) is 28.6. The molecule has 168 valence electrons. The van der Waals surface area contributed by atoms with Crippen molar-refractivity contribution >= 4 is 51.1 Å².